The van der Waals surface area contributed by atoms with E-state index < -0.39 is 5.60 Å². The molecule has 0 saturated heterocycles. The van der Waals surface area contributed by atoms with Crippen LogP contribution in [0.15, 0.2) is 35.9 Å². The predicted octanol–water partition coefficient (Wildman–Crippen LogP) is 6.51. The molecule has 0 spiro atoms. The van der Waals surface area contributed by atoms with Crippen molar-refractivity contribution in [2.45, 2.75) is 97.1 Å². The van der Waals surface area contributed by atoms with Crippen LogP contribution < -0.4 is 4.90 Å². The summed E-state index contributed by atoms with van der Waals surface area (Å²) >= 11 is 0. The minimum Gasteiger partial charge on any atom is -0.390 e. The highest BCUT2D eigenvalue weighted by Crippen LogP contribution is 2.70. The van der Waals surface area contributed by atoms with Crippen molar-refractivity contribution < 1.29 is 9.90 Å². The summed E-state index contributed by atoms with van der Waals surface area (Å²) in [5, 5.41) is 11.6. The number of hydrogen-bond donors (Lipinski definition) is 1. The van der Waals surface area contributed by atoms with E-state index in [1.807, 2.05) is 6.08 Å². The molecule has 0 radical (unpaired) electrons. The molecule has 180 valence electrons. The molecular weight excluding hydrogens is 406 g/mol. The van der Waals surface area contributed by atoms with Gasteiger partial charge in [0.25, 0.3) is 0 Å². The van der Waals surface area contributed by atoms with Crippen LogP contribution in [0.4, 0.5) is 5.69 Å². The van der Waals surface area contributed by atoms with Crippen LogP contribution in [0.25, 0.3) is 0 Å². The normalized spacial score (nSPS) is 42.4. The number of fused-ring (bicyclic) bond motifs is 5. The third-order valence-electron chi connectivity index (χ3n) is 11.0. The lowest BCUT2D eigenvalue weighted by Gasteiger charge is -2.62. The van der Waals surface area contributed by atoms with Gasteiger partial charge in [0.1, 0.15) is 0 Å². The molecule has 7 atom stereocenters. The second-order valence-electron chi connectivity index (χ2n) is 12.7. The molecule has 33 heavy (non-hydrogen) atoms. The molecule has 4 aliphatic rings. The van der Waals surface area contributed by atoms with E-state index in [4.69, 9.17) is 0 Å². The molecule has 0 unspecified atom stereocenters. The van der Waals surface area contributed by atoms with Gasteiger partial charge in [0.15, 0.2) is 5.78 Å². The Labute approximate surface area is 200 Å². The first-order valence-electron chi connectivity index (χ1n) is 13.3. The molecule has 3 heteroatoms. The van der Waals surface area contributed by atoms with E-state index in [1.54, 1.807) is 0 Å². The second kappa shape index (κ2) is 7.70. The zero-order chi connectivity index (χ0) is 23.8. The van der Waals surface area contributed by atoms with E-state index >= 15 is 0 Å². The van der Waals surface area contributed by atoms with E-state index in [2.05, 4.69) is 70.8 Å². The Bertz CT molecular complexity index is 960. The van der Waals surface area contributed by atoms with Gasteiger partial charge in [-0.1, -0.05) is 31.6 Å². The van der Waals surface area contributed by atoms with Gasteiger partial charge in [-0.25, -0.2) is 0 Å². The fraction of sp³-hybridized carbons (Fsp3) is 0.700. The van der Waals surface area contributed by atoms with Crippen LogP contribution >= 0.6 is 0 Å². The number of allylic oxidation sites excluding steroid dienone is 1. The maximum Gasteiger partial charge on any atom is 0.155 e. The monoisotopic (exact) mass is 449 g/mol. The zero-order valence-corrected chi connectivity index (χ0v) is 21.5. The summed E-state index contributed by atoms with van der Waals surface area (Å²) in [5.41, 5.74) is 3.55. The van der Waals surface area contributed by atoms with E-state index in [1.165, 1.54) is 23.2 Å². The molecule has 0 aliphatic heterocycles. The molecule has 0 heterocycles. The fourth-order valence-corrected chi connectivity index (χ4v) is 8.54. The molecule has 0 amide bonds. The van der Waals surface area contributed by atoms with E-state index in [9.17, 15) is 9.90 Å². The largest absolute Gasteiger partial charge is 0.390 e. The van der Waals surface area contributed by atoms with Gasteiger partial charge < -0.3 is 10.0 Å². The third-order valence-corrected chi connectivity index (χ3v) is 11.0. The minimum atomic E-state index is -0.599. The summed E-state index contributed by atoms with van der Waals surface area (Å²) in [4.78, 5) is 14.7. The SMILES string of the molecule is CC(C)N(C)c1ccc([C@H]2C[C@@]3(C)[C@@H](CC[C@]3(C)O)[C@@H]3CCC4=CC(=O)CC[C@]4(C)[C@H]32)cc1. The van der Waals surface area contributed by atoms with E-state index in [0.717, 1.165) is 32.1 Å². The molecule has 5 rings (SSSR count). The van der Waals surface area contributed by atoms with Gasteiger partial charge in [-0.05, 0) is 118 Å². The molecule has 1 N–H and O–H groups in total. The Morgan fingerprint density at radius 3 is 2.39 bits per heavy atom. The number of carbonyl (C=O) groups excluding carboxylic acids is 1. The van der Waals surface area contributed by atoms with Crippen molar-refractivity contribution in [1.82, 2.24) is 0 Å². The number of carbonyl (C=O) groups is 1. The average Bonchev–Trinajstić information content (AvgIpc) is 3.02. The number of rotatable bonds is 3. The number of aliphatic hydroxyl groups is 1. The molecule has 0 bridgehead atoms. The van der Waals surface area contributed by atoms with Gasteiger partial charge in [-0.3, -0.25) is 4.79 Å². The lowest BCUT2D eigenvalue weighted by molar-refractivity contribution is -0.130. The summed E-state index contributed by atoms with van der Waals surface area (Å²) < 4.78 is 0. The quantitative estimate of drug-likeness (QED) is 0.572. The fourth-order valence-electron chi connectivity index (χ4n) is 8.54. The maximum absolute atomic E-state index is 12.3. The second-order valence-corrected chi connectivity index (χ2v) is 12.7. The molecular formula is C30H43NO2. The van der Waals surface area contributed by atoms with Gasteiger partial charge >= 0.3 is 0 Å². The Hall–Kier alpha value is -1.61. The Balaban J connectivity index is 1.60. The van der Waals surface area contributed by atoms with Crippen LogP contribution in [0, 0.1) is 28.6 Å². The van der Waals surface area contributed by atoms with Gasteiger partial charge in [0, 0.05) is 25.2 Å². The highest BCUT2D eigenvalue weighted by atomic mass is 16.3. The third kappa shape index (κ3) is 3.36. The number of ketones is 1. The molecule has 0 aromatic heterocycles. The standard InChI is InChI=1S/C30H43NO2/c1-19(2)31(6)22-10-7-20(8-11-22)25-18-29(4)26(14-16-30(29,5)33)24-12-9-21-17-23(32)13-15-28(21,3)27(24)25/h7-8,10-11,17,19,24-27,33H,9,12-16,18H2,1-6H3/t24-,25+,26-,27+,28-,29-,30-/m0/s1. The van der Waals surface area contributed by atoms with Gasteiger partial charge in [-0.2, -0.15) is 0 Å². The first kappa shape index (κ1) is 23.1. The van der Waals surface area contributed by atoms with Crippen LogP contribution in [-0.2, 0) is 4.79 Å². The Kier molecular flexibility index (Phi) is 5.40. The number of nitrogens with zero attached hydrogens (tertiary/aromatic N) is 1. The van der Waals surface area contributed by atoms with Crippen LogP contribution in [0.5, 0.6) is 0 Å². The van der Waals surface area contributed by atoms with E-state index in [-0.39, 0.29) is 10.8 Å². The summed E-state index contributed by atoms with van der Waals surface area (Å²) in [5.74, 6) is 2.49. The van der Waals surface area contributed by atoms with Crippen molar-refractivity contribution in [3.05, 3.63) is 41.5 Å². The first-order chi connectivity index (χ1) is 15.5. The molecule has 1 aromatic rings. The van der Waals surface area contributed by atoms with Crippen molar-refractivity contribution in [2.75, 3.05) is 11.9 Å². The highest BCUT2D eigenvalue weighted by Gasteiger charge is 2.65. The van der Waals surface area contributed by atoms with Crippen molar-refractivity contribution in [2.24, 2.45) is 28.6 Å². The maximum atomic E-state index is 12.3. The molecule has 1 aromatic carbocycles. The van der Waals surface area contributed by atoms with Gasteiger partial charge in [0.05, 0.1) is 5.60 Å². The number of hydrogen-bond acceptors (Lipinski definition) is 3. The van der Waals surface area contributed by atoms with Crippen molar-refractivity contribution >= 4 is 11.5 Å². The summed E-state index contributed by atoms with van der Waals surface area (Å²) in [7, 11) is 2.16. The number of anilines is 1. The van der Waals surface area contributed by atoms with Crippen LogP contribution in [-0.4, -0.2) is 29.6 Å². The topological polar surface area (TPSA) is 40.5 Å². The Morgan fingerprint density at radius 2 is 1.73 bits per heavy atom. The van der Waals surface area contributed by atoms with Crippen molar-refractivity contribution in [1.29, 1.82) is 0 Å². The minimum absolute atomic E-state index is 0.0473. The molecule has 3 saturated carbocycles. The predicted molar refractivity (Wildman–Crippen MR) is 135 cm³/mol. The highest BCUT2D eigenvalue weighted by molar-refractivity contribution is 5.91. The molecule has 3 nitrogen and oxygen atoms in total. The summed E-state index contributed by atoms with van der Waals surface area (Å²) in [6, 6.07) is 9.76. The smallest absolute Gasteiger partial charge is 0.155 e. The van der Waals surface area contributed by atoms with Crippen LogP contribution in [0.2, 0.25) is 0 Å². The van der Waals surface area contributed by atoms with Crippen LogP contribution in [0.1, 0.15) is 91.0 Å². The lowest BCUT2D eigenvalue weighted by Crippen LogP contribution is -2.56. The van der Waals surface area contributed by atoms with Crippen molar-refractivity contribution in [3.63, 3.8) is 0 Å². The van der Waals surface area contributed by atoms with E-state index in [0.29, 0.717) is 41.9 Å². The summed E-state index contributed by atoms with van der Waals surface area (Å²) in [6.45, 7) is 11.4. The molecule has 3 fully saturated rings. The lowest BCUT2D eigenvalue weighted by atomic mass is 9.43. The Morgan fingerprint density at radius 1 is 1.03 bits per heavy atom. The first-order valence-corrected chi connectivity index (χ1v) is 13.3. The zero-order valence-electron chi connectivity index (χ0n) is 21.5. The summed E-state index contributed by atoms with van der Waals surface area (Å²) in [6.07, 6.45) is 9.02. The van der Waals surface area contributed by atoms with Gasteiger partial charge in [-0.15, -0.1) is 0 Å². The average molecular weight is 450 g/mol. The molecule has 4 aliphatic carbocycles. The van der Waals surface area contributed by atoms with Crippen molar-refractivity contribution in [3.8, 4) is 0 Å². The van der Waals surface area contributed by atoms with Crippen LogP contribution in [0.3, 0.4) is 0 Å². The number of benzene rings is 1. The van der Waals surface area contributed by atoms with Gasteiger partial charge in [0.2, 0.25) is 0 Å².